The van der Waals surface area contributed by atoms with E-state index in [4.69, 9.17) is 23.7 Å². The van der Waals surface area contributed by atoms with Gasteiger partial charge in [-0.1, -0.05) is 30.3 Å². The van der Waals surface area contributed by atoms with E-state index in [9.17, 15) is 4.79 Å². The van der Waals surface area contributed by atoms with Crippen LogP contribution in [0.1, 0.15) is 43.5 Å². The molecule has 2 aromatic carbocycles. The van der Waals surface area contributed by atoms with Crippen LogP contribution in [-0.4, -0.2) is 32.2 Å². The summed E-state index contributed by atoms with van der Waals surface area (Å²) in [5, 5.41) is 2.90. The number of benzene rings is 2. The van der Waals surface area contributed by atoms with Crippen LogP contribution >= 0.6 is 0 Å². The first-order valence-electron chi connectivity index (χ1n) is 9.86. The summed E-state index contributed by atoms with van der Waals surface area (Å²) in [6, 6.07) is 11.2. The third-order valence-corrected chi connectivity index (χ3v) is 4.55. The first-order valence-corrected chi connectivity index (χ1v) is 9.86. The highest BCUT2D eigenvalue weighted by molar-refractivity contribution is 5.69. The highest BCUT2D eigenvalue weighted by Gasteiger charge is 2.30. The van der Waals surface area contributed by atoms with Crippen LogP contribution < -0.4 is 19.5 Å². The van der Waals surface area contributed by atoms with Crippen molar-refractivity contribution in [3.63, 3.8) is 0 Å². The molecule has 0 aliphatic carbocycles. The highest BCUT2D eigenvalue weighted by Crippen LogP contribution is 2.45. The van der Waals surface area contributed by atoms with Crippen LogP contribution in [0.4, 0.5) is 4.79 Å². The molecule has 30 heavy (non-hydrogen) atoms. The topological polar surface area (TPSA) is 75.3 Å². The van der Waals surface area contributed by atoms with Gasteiger partial charge in [0.25, 0.3) is 0 Å². The van der Waals surface area contributed by atoms with Crippen molar-refractivity contribution < 1.29 is 28.5 Å². The van der Waals surface area contributed by atoms with Crippen LogP contribution in [0.2, 0.25) is 0 Å². The van der Waals surface area contributed by atoms with Gasteiger partial charge in [-0.3, -0.25) is 0 Å². The predicted octanol–water partition coefficient (Wildman–Crippen LogP) is 4.51. The molecular formula is C23H29NO6. The molecular weight excluding hydrogens is 386 g/mol. The number of rotatable bonds is 7. The van der Waals surface area contributed by atoms with E-state index >= 15 is 0 Å². The van der Waals surface area contributed by atoms with Crippen LogP contribution in [0.15, 0.2) is 36.4 Å². The molecule has 2 aromatic rings. The Morgan fingerprint density at radius 3 is 2.53 bits per heavy atom. The summed E-state index contributed by atoms with van der Waals surface area (Å²) >= 11 is 0. The molecule has 0 radical (unpaired) electrons. The molecule has 1 amide bonds. The molecule has 0 saturated heterocycles. The molecule has 0 unspecified atom stereocenters. The van der Waals surface area contributed by atoms with E-state index in [1.807, 2.05) is 64.1 Å². The van der Waals surface area contributed by atoms with Crippen LogP contribution in [0.3, 0.4) is 0 Å². The monoisotopic (exact) mass is 415 g/mol. The van der Waals surface area contributed by atoms with Crippen molar-refractivity contribution in [1.29, 1.82) is 0 Å². The van der Waals surface area contributed by atoms with Gasteiger partial charge in [0.2, 0.25) is 6.79 Å². The molecule has 0 aromatic heterocycles. The maximum absolute atomic E-state index is 12.5. The number of fused-ring (bicyclic) bond motifs is 1. The summed E-state index contributed by atoms with van der Waals surface area (Å²) in [5.74, 6) is 1.84. The maximum atomic E-state index is 12.5. The molecule has 162 valence electrons. The van der Waals surface area contributed by atoms with Crippen LogP contribution in [0.25, 0.3) is 0 Å². The molecule has 1 heterocycles. The minimum atomic E-state index is -0.619. The molecule has 0 fully saturated rings. The smallest absolute Gasteiger partial charge is 0.408 e. The number of carbonyl (C=O) groups excluding carboxylic acids is 1. The average Bonchev–Trinajstić information content (AvgIpc) is 3.17. The second-order valence-corrected chi connectivity index (χ2v) is 8.06. The minimum absolute atomic E-state index is 0.111. The van der Waals surface area contributed by atoms with Gasteiger partial charge in [0.15, 0.2) is 11.5 Å². The third kappa shape index (κ3) is 5.36. The molecule has 7 heteroatoms. The summed E-state index contributed by atoms with van der Waals surface area (Å²) in [5.41, 5.74) is 1.98. The number of amides is 1. The van der Waals surface area contributed by atoms with Crippen molar-refractivity contribution in [2.75, 3.05) is 20.5 Å². The van der Waals surface area contributed by atoms with E-state index in [0.29, 0.717) is 29.4 Å². The Kier molecular flexibility index (Phi) is 6.72. The van der Waals surface area contributed by atoms with E-state index in [2.05, 4.69) is 5.32 Å². The van der Waals surface area contributed by atoms with Gasteiger partial charge >= 0.3 is 6.09 Å². The second-order valence-electron chi connectivity index (χ2n) is 8.06. The zero-order valence-electron chi connectivity index (χ0n) is 18.1. The lowest BCUT2D eigenvalue weighted by Crippen LogP contribution is -2.36. The fourth-order valence-electron chi connectivity index (χ4n) is 3.20. The van der Waals surface area contributed by atoms with Crippen LogP contribution in [-0.2, 0) is 16.1 Å². The van der Waals surface area contributed by atoms with E-state index in [1.165, 1.54) is 0 Å². The van der Waals surface area contributed by atoms with E-state index < -0.39 is 17.7 Å². The summed E-state index contributed by atoms with van der Waals surface area (Å²) in [7, 11) is 1.59. The van der Waals surface area contributed by atoms with Crippen molar-refractivity contribution in [2.24, 2.45) is 0 Å². The molecule has 1 aliphatic heterocycles. The second kappa shape index (κ2) is 9.26. The molecule has 0 bridgehead atoms. The number of carbonyl (C=O) groups is 1. The van der Waals surface area contributed by atoms with Crippen LogP contribution in [0.5, 0.6) is 17.2 Å². The van der Waals surface area contributed by atoms with Crippen molar-refractivity contribution in [3.05, 3.63) is 53.1 Å². The Labute approximate surface area is 177 Å². The number of ether oxygens (including phenoxy) is 5. The Hall–Kier alpha value is -2.93. The molecule has 3 rings (SSSR count). The van der Waals surface area contributed by atoms with Gasteiger partial charge < -0.3 is 29.0 Å². The number of nitrogens with one attached hydrogen (secondary N) is 1. The first kappa shape index (κ1) is 21.8. The number of methoxy groups -OCH3 is 1. The van der Waals surface area contributed by atoms with Crippen molar-refractivity contribution in [2.45, 2.75) is 45.9 Å². The van der Waals surface area contributed by atoms with Gasteiger partial charge in [0, 0.05) is 11.1 Å². The van der Waals surface area contributed by atoms with Gasteiger partial charge in [0.05, 0.1) is 26.4 Å². The average molecular weight is 415 g/mol. The van der Waals surface area contributed by atoms with Crippen molar-refractivity contribution in [1.82, 2.24) is 5.32 Å². The van der Waals surface area contributed by atoms with Gasteiger partial charge in [0.1, 0.15) is 11.4 Å². The Bertz CT molecular complexity index is 875. The zero-order valence-corrected chi connectivity index (χ0v) is 18.1. The Morgan fingerprint density at radius 1 is 1.17 bits per heavy atom. The summed E-state index contributed by atoms with van der Waals surface area (Å²) in [6.45, 7) is 8.09. The lowest BCUT2D eigenvalue weighted by molar-refractivity contribution is 0.0425. The van der Waals surface area contributed by atoms with Crippen molar-refractivity contribution >= 4 is 6.09 Å². The molecule has 7 nitrogen and oxygen atoms in total. The third-order valence-electron chi connectivity index (χ3n) is 4.55. The zero-order chi connectivity index (χ0) is 21.7. The Balaban J connectivity index is 1.85. The van der Waals surface area contributed by atoms with Crippen molar-refractivity contribution in [3.8, 4) is 17.2 Å². The summed E-state index contributed by atoms with van der Waals surface area (Å²) in [6.07, 6.45) is -0.539. The molecule has 0 saturated carbocycles. The van der Waals surface area contributed by atoms with E-state index in [-0.39, 0.29) is 13.4 Å². The summed E-state index contributed by atoms with van der Waals surface area (Å²) in [4.78, 5) is 12.5. The number of hydrogen-bond acceptors (Lipinski definition) is 6. The van der Waals surface area contributed by atoms with Gasteiger partial charge in [-0.25, -0.2) is 4.79 Å². The lowest BCUT2D eigenvalue weighted by atomic mass is 10.0. The van der Waals surface area contributed by atoms with Gasteiger partial charge in [-0.05, 0) is 39.3 Å². The number of hydrogen-bond donors (Lipinski definition) is 1. The highest BCUT2D eigenvalue weighted by atomic mass is 16.7. The molecule has 0 spiro atoms. The molecule has 1 aliphatic rings. The fraction of sp³-hybridized carbons (Fsp3) is 0.435. The fourth-order valence-corrected chi connectivity index (χ4v) is 3.20. The minimum Gasteiger partial charge on any atom is -0.496 e. The largest absolute Gasteiger partial charge is 0.496 e. The SMILES string of the molecule is COc1cc([C@H](COCc2ccccc2)NC(=O)OC(C)(C)C)c2c(c1C)OCO2. The van der Waals surface area contributed by atoms with Crippen LogP contribution in [0, 0.1) is 6.92 Å². The lowest BCUT2D eigenvalue weighted by Gasteiger charge is -2.25. The molecule has 1 atom stereocenters. The predicted molar refractivity (Wildman–Crippen MR) is 112 cm³/mol. The van der Waals surface area contributed by atoms with Gasteiger partial charge in [-0.15, -0.1) is 0 Å². The van der Waals surface area contributed by atoms with E-state index in [0.717, 1.165) is 11.1 Å². The number of alkyl carbamates (subject to hydrolysis) is 1. The molecule has 1 N–H and O–H groups in total. The van der Waals surface area contributed by atoms with Gasteiger partial charge in [-0.2, -0.15) is 0 Å². The first-order chi connectivity index (χ1) is 14.3. The van der Waals surface area contributed by atoms with E-state index in [1.54, 1.807) is 7.11 Å². The summed E-state index contributed by atoms with van der Waals surface area (Å²) < 4.78 is 28.2. The Morgan fingerprint density at radius 2 is 1.87 bits per heavy atom. The standard InChI is InChI=1S/C23H29NO6/c1-15-19(26-5)11-17(21-20(15)28-14-29-21)18(24-22(25)30-23(2,3)4)13-27-12-16-9-7-6-8-10-16/h6-11,18H,12-14H2,1-5H3,(H,24,25)/t18-/m0/s1. The maximum Gasteiger partial charge on any atom is 0.408 e. The normalized spacial score (nSPS) is 13.6. The quantitative estimate of drug-likeness (QED) is 0.717.